The molecular formula is C22H29N3O. The van der Waals surface area contributed by atoms with Gasteiger partial charge in [-0.05, 0) is 57.1 Å². The summed E-state index contributed by atoms with van der Waals surface area (Å²) in [6, 6.07) is 13.2. The first-order valence-corrected chi connectivity index (χ1v) is 9.91. The second-order valence-corrected chi connectivity index (χ2v) is 8.21. The minimum absolute atomic E-state index is 0.0818. The van der Waals surface area contributed by atoms with Crippen molar-refractivity contribution in [3.05, 3.63) is 53.3 Å². The highest BCUT2D eigenvalue weighted by atomic mass is 16.1. The molecule has 0 bridgehead atoms. The van der Waals surface area contributed by atoms with Gasteiger partial charge in [-0.3, -0.25) is 9.48 Å². The van der Waals surface area contributed by atoms with E-state index in [9.17, 15) is 4.79 Å². The van der Waals surface area contributed by atoms with Crippen LogP contribution in [0, 0.1) is 25.7 Å². The van der Waals surface area contributed by atoms with Crippen molar-refractivity contribution in [1.29, 1.82) is 0 Å². The molecule has 5 atom stereocenters. The Morgan fingerprint density at radius 1 is 1.23 bits per heavy atom. The Labute approximate surface area is 156 Å². The lowest BCUT2D eigenvalue weighted by atomic mass is 9.60. The van der Waals surface area contributed by atoms with E-state index in [4.69, 9.17) is 0 Å². The van der Waals surface area contributed by atoms with E-state index < -0.39 is 0 Å². The highest BCUT2D eigenvalue weighted by Gasteiger charge is 2.53. The number of benzene rings is 1. The Balaban J connectivity index is 1.43. The number of aryl methyl sites for hydroxylation is 2. The second-order valence-electron chi connectivity index (χ2n) is 8.21. The number of hydrogen-bond donors (Lipinski definition) is 1. The first-order valence-electron chi connectivity index (χ1n) is 9.91. The minimum Gasteiger partial charge on any atom is -0.352 e. The fourth-order valence-electron chi connectivity index (χ4n) is 5.31. The number of aromatic nitrogens is 2. The largest absolute Gasteiger partial charge is 0.352 e. The molecule has 2 aliphatic carbocycles. The molecule has 2 fully saturated rings. The van der Waals surface area contributed by atoms with Gasteiger partial charge in [0.15, 0.2) is 0 Å². The number of fused-ring (bicyclic) bond motifs is 1. The summed E-state index contributed by atoms with van der Waals surface area (Å²) in [6.07, 6.45) is 4.34. The standard InChI is InChI=1S/C22H29N3O/c1-14-12-15(2)25(24-14)16(3)13-20(26)23-22-19-11-7-10-18(19)21(22)17-8-5-4-6-9-17/h4-6,8-9,12,16,18-19,21-22H,7,10-11,13H2,1-3H3,(H,23,26)/t16-,18-,19-,21+,22-/m1/s1. The van der Waals surface area contributed by atoms with Crippen LogP contribution >= 0.6 is 0 Å². The van der Waals surface area contributed by atoms with Crippen molar-refractivity contribution in [1.82, 2.24) is 15.1 Å². The topological polar surface area (TPSA) is 46.9 Å². The Bertz CT molecular complexity index is 782. The molecule has 0 radical (unpaired) electrons. The van der Waals surface area contributed by atoms with Crippen LogP contribution in [0.5, 0.6) is 0 Å². The van der Waals surface area contributed by atoms with E-state index >= 15 is 0 Å². The lowest BCUT2D eigenvalue weighted by molar-refractivity contribution is -0.124. The van der Waals surface area contributed by atoms with E-state index in [1.165, 1.54) is 24.8 Å². The van der Waals surface area contributed by atoms with Gasteiger partial charge in [-0.1, -0.05) is 36.8 Å². The van der Waals surface area contributed by atoms with E-state index in [2.05, 4.69) is 60.7 Å². The van der Waals surface area contributed by atoms with Gasteiger partial charge in [0, 0.05) is 24.1 Å². The van der Waals surface area contributed by atoms with Crippen molar-refractivity contribution < 1.29 is 4.79 Å². The predicted octanol–water partition coefficient (Wildman–Crippen LogP) is 4.15. The van der Waals surface area contributed by atoms with Gasteiger partial charge < -0.3 is 5.32 Å². The van der Waals surface area contributed by atoms with Crippen LogP contribution in [0.3, 0.4) is 0 Å². The van der Waals surface area contributed by atoms with Gasteiger partial charge in [-0.2, -0.15) is 5.10 Å². The third-order valence-corrected chi connectivity index (χ3v) is 6.39. The Kier molecular flexibility index (Phi) is 4.60. The Morgan fingerprint density at radius 2 is 1.96 bits per heavy atom. The third kappa shape index (κ3) is 3.06. The quantitative estimate of drug-likeness (QED) is 0.880. The summed E-state index contributed by atoms with van der Waals surface area (Å²) in [5, 5.41) is 7.91. The maximum absolute atomic E-state index is 12.8. The predicted molar refractivity (Wildman–Crippen MR) is 103 cm³/mol. The molecule has 1 heterocycles. The summed E-state index contributed by atoms with van der Waals surface area (Å²) in [5.41, 5.74) is 3.50. The van der Waals surface area contributed by atoms with E-state index in [-0.39, 0.29) is 11.9 Å². The highest BCUT2D eigenvalue weighted by Crippen LogP contribution is 2.55. The van der Waals surface area contributed by atoms with Crippen molar-refractivity contribution in [3.63, 3.8) is 0 Å². The zero-order valence-corrected chi connectivity index (χ0v) is 16.0. The van der Waals surface area contributed by atoms with Crippen LogP contribution in [0.25, 0.3) is 0 Å². The first-order chi connectivity index (χ1) is 12.5. The number of rotatable bonds is 5. The Morgan fingerprint density at radius 3 is 2.65 bits per heavy atom. The van der Waals surface area contributed by atoms with Crippen LogP contribution in [0.1, 0.15) is 61.5 Å². The summed E-state index contributed by atoms with van der Waals surface area (Å²) in [5.74, 6) is 2.04. The van der Waals surface area contributed by atoms with E-state index in [1.807, 2.05) is 11.6 Å². The zero-order chi connectivity index (χ0) is 18.3. The lowest BCUT2D eigenvalue weighted by Gasteiger charge is -2.50. The van der Waals surface area contributed by atoms with Gasteiger partial charge in [0.2, 0.25) is 5.91 Å². The van der Waals surface area contributed by atoms with E-state index in [0.717, 1.165) is 17.3 Å². The Hall–Kier alpha value is -2.10. The average Bonchev–Trinajstić information content (AvgIpc) is 3.17. The minimum atomic E-state index is 0.0818. The number of amides is 1. The van der Waals surface area contributed by atoms with Crippen LogP contribution in [-0.2, 0) is 4.79 Å². The van der Waals surface area contributed by atoms with E-state index in [0.29, 0.717) is 24.3 Å². The molecule has 4 rings (SSSR count). The molecule has 2 aliphatic rings. The number of nitrogens with one attached hydrogen (secondary N) is 1. The van der Waals surface area contributed by atoms with Crippen LogP contribution in [-0.4, -0.2) is 21.7 Å². The summed E-state index contributed by atoms with van der Waals surface area (Å²) in [7, 11) is 0. The number of nitrogens with zero attached hydrogens (tertiary/aromatic N) is 2. The molecule has 1 aromatic carbocycles. The summed E-state index contributed by atoms with van der Waals surface area (Å²) < 4.78 is 1.97. The van der Waals surface area contributed by atoms with Crippen molar-refractivity contribution in [2.45, 2.75) is 64.5 Å². The van der Waals surface area contributed by atoms with Gasteiger partial charge in [0.1, 0.15) is 0 Å². The second kappa shape index (κ2) is 6.90. The molecule has 1 amide bonds. The number of carbonyl (C=O) groups excluding carboxylic acids is 1. The molecule has 0 saturated heterocycles. The van der Waals surface area contributed by atoms with Crippen LogP contribution in [0.15, 0.2) is 36.4 Å². The summed E-state index contributed by atoms with van der Waals surface area (Å²) >= 11 is 0. The average molecular weight is 351 g/mol. The van der Waals surface area contributed by atoms with Crippen LogP contribution in [0.4, 0.5) is 0 Å². The van der Waals surface area contributed by atoms with Crippen molar-refractivity contribution in [2.75, 3.05) is 0 Å². The van der Waals surface area contributed by atoms with Gasteiger partial charge >= 0.3 is 0 Å². The smallest absolute Gasteiger partial charge is 0.222 e. The van der Waals surface area contributed by atoms with Gasteiger partial charge in [-0.25, -0.2) is 0 Å². The molecule has 0 aliphatic heterocycles. The molecule has 1 N–H and O–H groups in total. The highest BCUT2D eigenvalue weighted by molar-refractivity contribution is 5.77. The van der Waals surface area contributed by atoms with Crippen molar-refractivity contribution in [3.8, 4) is 0 Å². The molecule has 4 heteroatoms. The molecular weight excluding hydrogens is 322 g/mol. The van der Waals surface area contributed by atoms with Crippen molar-refractivity contribution in [2.24, 2.45) is 11.8 Å². The maximum Gasteiger partial charge on any atom is 0.222 e. The molecule has 138 valence electrons. The molecule has 1 aromatic heterocycles. The SMILES string of the molecule is Cc1cc(C)n([C@H](C)CC(=O)N[C@@H]2[C@@H]3CCC[C@H]3[C@@H]2c2ccccc2)n1. The fraction of sp³-hybridized carbons (Fsp3) is 0.545. The van der Waals surface area contributed by atoms with Gasteiger partial charge in [0.25, 0.3) is 0 Å². The first kappa shape index (κ1) is 17.3. The number of carbonyl (C=O) groups is 1. The molecule has 4 nitrogen and oxygen atoms in total. The lowest BCUT2D eigenvalue weighted by Crippen LogP contribution is -2.56. The monoisotopic (exact) mass is 351 g/mol. The summed E-state index contributed by atoms with van der Waals surface area (Å²) in [6.45, 7) is 6.12. The molecule has 2 aromatic rings. The maximum atomic E-state index is 12.8. The molecule has 0 spiro atoms. The zero-order valence-electron chi connectivity index (χ0n) is 16.0. The third-order valence-electron chi connectivity index (χ3n) is 6.39. The normalized spacial score (nSPS) is 28.3. The number of hydrogen-bond acceptors (Lipinski definition) is 2. The fourth-order valence-corrected chi connectivity index (χ4v) is 5.31. The molecule has 0 unspecified atom stereocenters. The van der Waals surface area contributed by atoms with Gasteiger partial charge in [0.05, 0.1) is 11.7 Å². The summed E-state index contributed by atoms with van der Waals surface area (Å²) in [4.78, 5) is 12.8. The molecule has 2 saturated carbocycles. The van der Waals surface area contributed by atoms with Crippen LogP contribution in [0.2, 0.25) is 0 Å². The van der Waals surface area contributed by atoms with Crippen molar-refractivity contribution >= 4 is 5.91 Å². The van der Waals surface area contributed by atoms with Gasteiger partial charge in [-0.15, -0.1) is 0 Å². The molecule has 26 heavy (non-hydrogen) atoms. The van der Waals surface area contributed by atoms with E-state index in [1.54, 1.807) is 0 Å². The van der Waals surface area contributed by atoms with Crippen LogP contribution < -0.4 is 5.32 Å².